The third kappa shape index (κ3) is 4.93. The summed E-state index contributed by atoms with van der Waals surface area (Å²) in [6.07, 6.45) is 7.07. The molecule has 2 aliphatic heterocycles. The number of hydrogen-bond acceptors (Lipinski definition) is 3. The van der Waals surface area contributed by atoms with E-state index >= 15 is 0 Å². The molecule has 1 atom stereocenters. The predicted molar refractivity (Wildman–Crippen MR) is 127 cm³/mol. The number of carbonyl (C=O) groups is 1. The summed E-state index contributed by atoms with van der Waals surface area (Å²) in [5.74, 6) is 0.469. The molecule has 33 heavy (non-hydrogen) atoms. The van der Waals surface area contributed by atoms with Crippen molar-refractivity contribution in [2.75, 3.05) is 26.3 Å². The Bertz CT molecular complexity index is 1110. The van der Waals surface area contributed by atoms with Crippen LogP contribution in [0, 0.1) is 17.2 Å². The fourth-order valence-corrected chi connectivity index (χ4v) is 5.56. The zero-order valence-corrected chi connectivity index (χ0v) is 19.0. The summed E-state index contributed by atoms with van der Waals surface area (Å²) in [5.41, 5.74) is 2.89. The van der Waals surface area contributed by atoms with Crippen molar-refractivity contribution in [1.29, 1.82) is 0 Å². The molecule has 172 valence electrons. The van der Waals surface area contributed by atoms with Gasteiger partial charge in [0.05, 0.1) is 10.9 Å². The van der Waals surface area contributed by atoms with E-state index in [1.807, 2.05) is 24.4 Å². The van der Waals surface area contributed by atoms with Gasteiger partial charge in [-0.05, 0) is 85.9 Å². The molecule has 0 saturated carbocycles. The van der Waals surface area contributed by atoms with Crippen molar-refractivity contribution in [2.45, 2.75) is 38.5 Å². The fourth-order valence-electron chi connectivity index (χ4n) is 5.56. The van der Waals surface area contributed by atoms with Crippen molar-refractivity contribution < 1.29 is 13.9 Å². The Morgan fingerprint density at radius 1 is 1.09 bits per heavy atom. The van der Waals surface area contributed by atoms with Crippen LogP contribution in [0.1, 0.15) is 36.8 Å². The second kappa shape index (κ2) is 9.60. The lowest BCUT2D eigenvalue weighted by molar-refractivity contribution is -0.150. The number of aromatic nitrogens is 1. The molecule has 5 rings (SSSR count). The molecule has 0 N–H and O–H groups in total. The van der Waals surface area contributed by atoms with Gasteiger partial charge < -0.3 is 9.64 Å². The molecule has 2 aliphatic rings. The number of nitrogens with zero attached hydrogens (tertiary/aromatic N) is 2. The Hall–Kier alpha value is -2.79. The molecule has 5 heteroatoms. The van der Waals surface area contributed by atoms with Crippen LogP contribution in [-0.4, -0.2) is 42.1 Å². The molecule has 0 bridgehead atoms. The molecule has 0 radical (unpaired) electrons. The van der Waals surface area contributed by atoms with Gasteiger partial charge in [0.2, 0.25) is 5.91 Å². The molecule has 1 amide bonds. The van der Waals surface area contributed by atoms with Crippen LogP contribution in [-0.2, 0) is 22.4 Å². The quantitative estimate of drug-likeness (QED) is 0.541. The summed E-state index contributed by atoms with van der Waals surface area (Å²) in [6, 6.07) is 17.2. The number of rotatable bonds is 5. The lowest BCUT2D eigenvalue weighted by atomic mass is 9.73. The molecule has 2 saturated heterocycles. The van der Waals surface area contributed by atoms with Gasteiger partial charge in [-0.2, -0.15) is 0 Å². The Balaban J connectivity index is 1.31. The van der Waals surface area contributed by atoms with E-state index in [2.05, 4.69) is 34.1 Å². The summed E-state index contributed by atoms with van der Waals surface area (Å²) >= 11 is 0. The lowest BCUT2D eigenvalue weighted by Gasteiger charge is -2.42. The van der Waals surface area contributed by atoms with E-state index in [0.29, 0.717) is 25.6 Å². The van der Waals surface area contributed by atoms with Crippen LogP contribution >= 0.6 is 0 Å². The molecule has 0 spiro atoms. The number of ether oxygens (including phenoxy) is 1. The summed E-state index contributed by atoms with van der Waals surface area (Å²) in [5, 5.41) is 1.17. The first-order valence-electron chi connectivity index (χ1n) is 12.1. The van der Waals surface area contributed by atoms with Gasteiger partial charge in [-0.1, -0.05) is 24.3 Å². The van der Waals surface area contributed by atoms with Crippen molar-refractivity contribution in [1.82, 2.24) is 9.88 Å². The minimum Gasteiger partial charge on any atom is -0.381 e. The van der Waals surface area contributed by atoms with Crippen molar-refractivity contribution in [2.24, 2.45) is 11.3 Å². The van der Waals surface area contributed by atoms with Crippen LogP contribution in [0.5, 0.6) is 0 Å². The Kier molecular flexibility index (Phi) is 6.41. The van der Waals surface area contributed by atoms with Gasteiger partial charge in [-0.15, -0.1) is 0 Å². The monoisotopic (exact) mass is 446 g/mol. The van der Waals surface area contributed by atoms with E-state index in [9.17, 15) is 9.18 Å². The highest BCUT2D eigenvalue weighted by molar-refractivity contribution is 5.83. The molecule has 4 nitrogen and oxygen atoms in total. The second-order valence-electron chi connectivity index (χ2n) is 9.69. The number of amides is 1. The van der Waals surface area contributed by atoms with Crippen molar-refractivity contribution >= 4 is 16.8 Å². The van der Waals surface area contributed by atoms with Crippen LogP contribution in [0.25, 0.3) is 10.9 Å². The zero-order chi connectivity index (χ0) is 22.7. The lowest BCUT2D eigenvalue weighted by Crippen LogP contribution is -2.51. The number of fused-ring (bicyclic) bond motifs is 1. The SMILES string of the molecule is O=C(N1CCC[C@H](Cc2ccc3ncccc3c2)C1)C1(Cc2ccc(F)cc2)CCOCC1. The number of benzene rings is 2. The molecule has 3 heterocycles. The molecular formula is C28H31FN2O2. The Morgan fingerprint density at radius 2 is 1.88 bits per heavy atom. The van der Waals surface area contributed by atoms with Crippen LogP contribution in [0.4, 0.5) is 4.39 Å². The molecular weight excluding hydrogens is 415 g/mol. The number of piperidine rings is 1. The maximum absolute atomic E-state index is 13.9. The molecule has 0 unspecified atom stereocenters. The molecule has 2 fully saturated rings. The number of pyridine rings is 1. The van der Waals surface area contributed by atoms with Crippen LogP contribution in [0.3, 0.4) is 0 Å². The average molecular weight is 447 g/mol. The Morgan fingerprint density at radius 3 is 2.70 bits per heavy atom. The first kappa shape index (κ1) is 22.0. The van der Waals surface area contributed by atoms with Gasteiger partial charge in [0.1, 0.15) is 5.82 Å². The normalized spacial score (nSPS) is 20.6. The maximum atomic E-state index is 13.9. The third-order valence-electron chi connectivity index (χ3n) is 7.36. The first-order valence-corrected chi connectivity index (χ1v) is 12.1. The number of carbonyl (C=O) groups excluding carboxylic acids is 1. The Labute approximate surface area is 194 Å². The number of hydrogen-bond donors (Lipinski definition) is 0. The molecule has 0 aliphatic carbocycles. The topological polar surface area (TPSA) is 42.4 Å². The van der Waals surface area contributed by atoms with E-state index in [-0.39, 0.29) is 11.7 Å². The van der Waals surface area contributed by atoms with E-state index in [4.69, 9.17) is 4.74 Å². The van der Waals surface area contributed by atoms with Crippen molar-refractivity contribution in [3.05, 3.63) is 77.7 Å². The van der Waals surface area contributed by atoms with Crippen LogP contribution < -0.4 is 0 Å². The zero-order valence-electron chi connectivity index (χ0n) is 19.0. The van der Waals surface area contributed by atoms with Gasteiger partial charge in [0.15, 0.2) is 0 Å². The first-order chi connectivity index (χ1) is 16.1. The van der Waals surface area contributed by atoms with Gasteiger partial charge >= 0.3 is 0 Å². The van der Waals surface area contributed by atoms with Crippen molar-refractivity contribution in [3.8, 4) is 0 Å². The molecule has 3 aromatic rings. The summed E-state index contributed by atoms with van der Waals surface area (Å²) in [4.78, 5) is 20.4. The standard InChI is InChI=1S/C28H31FN2O2/c29-25-8-5-21(6-9-25)19-28(11-15-33-16-12-28)27(32)31-14-2-3-23(20-31)17-22-7-10-26-24(18-22)4-1-13-30-26/h1,4-10,13,18,23H,2-3,11-12,14-17,19-20H2/t23-/m1/s1. The van der Waals surface area contributed by atoms with Gasteiger partial charge in [0.25, 0.3) is 0 Å². The van der Waals surface area contributed by atoms with Gasteiger partial charge in [-0.3, -0.25) is 9.78 Å². The fraction of sp³-hybridized carbons (Fsp3) is 0.429. The smallest absolute Gasteiger partial charge is 0.229 e. The van der Waals surface area contributed by atoms with Gasteiger partial charge in [0, 0.05) is 37.9 Å². The predicted octanol–water partition coefficient (Wildman–Crippen LogP) is 5.19. The molecule has 1 aromatic heterocycles. The minimum absolute atomic E-state index is 0.241. The van der Waals surface area contributed by atoms with E-state index < -0.39 is 5.41 Å². The van der Waals surface area contributed by atoms with E-state index in [0.717, 1.165) is 56.3 Å². The summed E-state index contributed by atoms with van der Waals surface area (Å²) in [7, 11) is 0. The minimum atomic E-state index is -0.452. The summed E-state index contributed by atoms with van der Waals surface area (Å²) < 4.78 is 19.0. The van der Waals surface area contributed by atoms with Crippen LogP contribution in [0.15, 0.2) is 60.8 Å². The van der Waals surface area contributed by atoms with Gasteiger partial charge in [-0.25, -0.2) is 4.39 Å². The molecule has 2 aromatic carbocycles. The maximum Gasteiger partial charge on any atom is 0.229 e. The highest BCUT2D eigenvalue weighted by atomic mass is 19.1. The van der Waals surface area contributed by atoms with E-state index in [1.165, 1.54) is 23.1 Å². The van der Waals surface area contributed by atoms with E-state index in [1.54, 1.807) is 0 Å². The van der Waals surface area contributed by atoms with Crippen molar-refractivity contribution in [3.63, 3.8) is 0 Å². The highest BCUT2D eigenvalue weighted by Gasteiger charge is 2.43. The highest BCUT2D eigenvalue weighted by Crippen LogP contribution is 2.38. The summed E-state index contributed by atoms with van der Waals surface area (Å²) in [6.45, 7) is 2.84. The van der Waals surface area contributed by atoms with Crippen LogP contribution in [0.2, 0.25) is 0 Å². The average Bonchev–Trinajstić information content (AvgIpc) is 2.86. The number of halogens is 1. The number of likely N-dealkylation sites (tertiary alicyclic amines) is 1. The largest absolute Gasteiger partial charge is 0.381 e. The second-order valence-corrected chi connectivity index (χ2v) is 9.69. The third-order valence-corrected chi connectivity index (χ3v) is 7.36.